The highest BCUT2D eigenvalue weighted by molar-refractivity contribution is 6.09. The lowest BCUT2D eigenvalue weighted by atomic mass is 10.1. The van der Waals surface area contributed by atoms with E-state index in [2.05, 4.69) is 26.7 Å². The van der Waals surface area contributed by atoms with E-state index in [4.69, 9.17) is 4.98 Å². The van der Waals surface area contributed by atoms with Crippen LogP contribution in [0.5, 0.6) is 0 Å². The smallest absolute Gasteiger partial charge is 0.260 e. The van der Waals surface area contributed by atoms with Gasteiger partial charge in [0.15, 0.2) is 11.6 Å². The van der Waals surface area contributed by atoms with Crippen molar-refractivity contribution in [2.75, 3.05) is 4.90 Å². The molecule has 1 aliphatic carbocycles. The maximum absolute atomic E-state index is 13.3. The number of fused-ring (bicyclic) bond motifs is 1. The molecule has 3 aromatic heterocycles. The van der Waals surface area contributed by atoms with Crippen molar-refractivity contribution in [3.63, 3.8) is 0 Å². The summed E-state index contributed by atoms with van der Waals surface area (Å²) in [6.07, 6.45) is 6.32. The molecule has 9 heteroatoms. The van der Waals surface area contributed by atoms with Crippen molar-refractivity contribution >= 4 is 11.7 Å². The van der Waals surface area contributed by atoms with E-state index >= 15 is 0 Å². The molecule has 0 N–H and O–H groups in total. The minimum atomic E-state index is -0.0603. The zero-order chi connectivity index (χ0) is 21.8. The van der Waals surface area contributed by atoms with Gasteiger partial charge in [-0.1, -0.05) is 26.0 Å². The summed E-state index contributed by atoms with van der Waals surface area (Å²) >= 11 is 0. The van der Waals surface area contributed by atoms with Gasteiger partial charge in [0.25, 0.3) is 5.91 Å². The molecule has 0 saturated heterocycles. The third kappa shape index (κ3) is 3.08. The third-order valence-corrected chi connectivity index (χ3v) is 6.02. The Morgan fingerprint density at radius 3 is 2.75 bits per heavy atom. The Morgan fingerprint density at radius 2 is 1.94 bits per heavy atom. The number of nitrogens with zero attached hydrogens (tertiary/aromatic N) is 8. The first kappa shape index (κ1) is 18.9. The van der Waals surface area contributed by atoms with Gasteiger partial charge in [0.1, 0.15) is 5.82 Å². The number of tetrazole rings is 1. The van der Waals surface area contributed by atoms with Crippen LogP contribution in [0.1, 0.15) is 66.0 Å². The van der Waals surface area contributed by atoms with Crippen LogP contribution in [0.2, 0.25) is 0 Å². The van der Waals surface area contributed by atoms with Crippen LogP contribution in [-0.2, 0) is 6.54 Å². The number of pyridine rings is 1. The molecule has 6 rings (SSSR count). The summed E-state index contributed by atoms with van der Waals surface area (Å²) in [6.45, 7) is 4.53. The lowest BCUT2D eigenvalue weighted by Crippen LogP contribution is -2.24. The summed E-state index contributed by atoms with van der Waals surface area (Å²) < 4.78 is 3.62. The second kappa shape index (κ2) is 7.08. The maximum atomic E-state index is 13.3. The minimum absolute atomic E-state index is 0.0603. The molecule has 0 radical (unpaired) electrons. The van der Waals surface area contributed by atoms with Crippen molar-refractivity contribution < 1.29 is 4.79 Å². The summed E-state index contributed by atoms with van der Waals surface area (Å²) in [4.78, 5) is 24.2. The Hall–Kier alpha value is -3.88. The Balaban J connectivity index is 1.30. The van der Waals surface area contributed by atoms with Gasteiger partial charge >= 0.3 is 0 Å². The molecular formula is C23H22N8O. The standard InChI is InChI=1S/C23H22N8O/c1-14(2)22-26-27-28-31(22)21-5-3-4-20(25-21)30-11-16-8-9-17(10-18(16)23(30)32)29-12-19(24-13-29)15-6-7-15/h3-5,8-10,12-15H,6-7,11H2,1-2H3. The number of amides is 1. The quantitative estimate of drug-likeness (QED) is 0.485. The minimum Gasteiger partial charge on any atom is -0.306 e. The number of anilines is 1. The van der Waals surface area contributed by atoms with Crippen molar-refractivity contribution in [1.29, 1.82) is 0 Å². The fraction of sp³-hybridized carbons (Fsp3) is 0.304. The molecule has 0 atom stereocenters. The van der Waals surface area contributed by atoms with Crippen LogP contribution in [0.15, 0.2) is 48.9 Å². The van der Waals surface area contributed by atoms with E-state index in [0.29, 0.717) is 29.7 Å². The van der Waals surface area contributed by atoms with Gasteiger partial charge in [0.05, 0.1) is 18.6 Å². The van der Waals surface area contributed by atoms with Crippen molar-refractivity contribution in [2.45, 2.75) is 45.1 Å². The highest BCUT2D eigenvalue weighted by atomic mass is 16.2. The predicted octanol–water partition coefficient (Wildman–Crippen LogP) is 3.40. The summed E-state index contributed by atoms with van der Waals surface area (Å²) in [6, 6.07) is 11.5. The second-order valence-electron chi connectivity index (χ2n) is 8.67. The van der Waals surface area contributed by atoms with Crippen LogP contribution in [0.25, 0.3) is 11.5 Å². The average molecular weight is 426 g/mol. The number of carbonyl (C=O) groups is 1. The van der Waals surface area contributed by atoms with Crippen LogP contribution in [-0.4, -0.2) is 40.6 Å². The van der Waals surface area contributed by atoms with E-state index in [1.807, 2.05) is 61.1 Å². The van der Waals surface area contributed by atoms with E-state index in [1.54, 1.807) is 9.58 Å². The molecule has 4 heterocycles. The van der Waals surface area contributed by atoms with Crippen LogP contribution in [0, 0.1) is 0 Å². The molecule has 4 aromatic rings. The summed E-state index contributed by atoms with van der Waals surface area (Å²) in [7, 11) is 0. The number of aromatic nitrogens is 7. The van der Waals surface area contributed by atoms with Gasteiger partial charge in [0, 0.05) is 29.3 Å². The molecule has 32 heavy (non-hydrogen) atoms. The summed E-state index contributed by atoms with van der Waals surface area (Å²) in [5.74, 6) is 2.57. The molecule has 1 aliphatic heterocycles. The van der Waals surface area contributed by atoms with Crippen LogP contribution < -0.4 is 4.90 Å². The van der Waals surface area contributed by atoms with E-state index in [0.717, 1.165) is 22.8 Å². The third-order valence-electron chi connectivity index (χ3n) is 6.02. The second-order valence-corrected chi connectivity index (χ2v) is 8.67. The maximum Gasteiger partial charge on any atom is 0.260 e. The fourth-order valence-corrected chi connectivity index (χ4v) is 4.10. The number of hydrogen-bond acceptors (Lipinski definition) is 6. The van der Waals surface area contributed by atoms with E-state index in [1.165, 1.54) is 12.8 Å². The normalized spacial score (nSPS) is 15.6. The van der Waals surface area contributed by atoms with Crippen LogP contribution >= 0.6 is 0 Å². The lowest BCUT2D eigenvalue weighted by molar-refractivity contribution is 0.0996. The summed E-state index contributed by atoms with van der Waals surface area (Å²) in [5, 5.41) is 12.0. The first-order valence-electron chi connectivity index (χ1n) is 10.8. The lowest BCUT2D eigenvalue weighted by Gasteiger charge is -2.15. The molecule has 1 amide bonds. The van der Waals surface area contributed by atoms with Crippen LogP contribution in [0.3, 0.4) is 0 Å². The first-order chi connectivity index (χ1) is 15.6. The van der Waals surface area contributed by atoms with Gasteiger partial charge < -0.3 is 4.57 Å². The van der Waals surface area contributed by atoms with E-state index in [-0.39, 0.29) is 11.8 Å². The van der Waals surface area contributed by atoms with Gasteiger partial charge in [-0.3, -0.25) is 9.69 Å². The van der Waals surface area contributed by atoms with Gasteiger partial charge in [-0.25, -0.2) is 9.97 Å². The molecule has 1 fully saturated rings. The van der Waals surface area contributed by atoms with Gasteiger partial charge in [0.2, 0.25) is 0 Å². The number of rotatable bonds is 5. The van der Waals surface area contributed by atoms with E-state index in [9.17, 15) is 4.79 Å². The summed E-state index contributed by atoms with van der Waals surface area (Å²) in [5.41, 5.74) is 3.75. The average Bonchev–Trinajstić information content (AvgIpc) is 3.22. The number of hydrogen-bond donors (Lipinski definition) is 0. The number of benzene rings is 1. The molecule has 1 aromatic carbocycles. The monoisotopic (exact) mass is 426 g/mol. The predicted molar refractivity (Wildman–Crippen MR) is 117 cm³/mol. The molecule has 0 bridgehead atoms. The van der Waals surface area contributed by atoms with Crippen molar-refractivity contribution in [1.82, 2.24) is 34.7 Å². The zero-order valence-corrected chi connectivity index (χ0v) is 17.9. The topological polar surface area (TPSA) is 94.6 Å². The Bertz CT molecular complexity index is 1330. The Kier molecular flexibility index (Phi) is 4.17. The molecule has 9 nitrogen and oxygen atoms in total. The van der Waals surface area contributed by atoms with Crippen molar-refractivity contribution in [3.05, 3.63) is 71.6 Å². The van der Waals surface area contributed by atoms with E-state index < -0.39 is 0 Å². The van der Waals surface area contributed by atoms with Gasteiger partial charge in [-0.15, -0.1) is 5.10 Å². The van der Waals surface area contributed by atoms with Crippen LogP contribution in [0.4, 0.5) is 5.82 Å². The number of imidazole rings is 1. The Morgan fingerprint density at radius 1 is 1.09 bits per heavy atom. The number of carbonyl (C=O) groups excluding carboxylic acids is 1. The molecule has 0 unspecified atom stereocenters. The molecule has 1 saturated carbocycles. The Labute approximate surface area is 184 Å². The molecular weight excluding hydrogens is 404 g/mol. The first-order valence-corrected chi connectivity index (χ1v) is 10.8. The van der Waals surface area contributed by atoms with Crippen molar-refractivity contribution in [3.8, 4) is 11.5 Å². The van der Waals surface area contributed by atoms with Gasteiger partial charge in [-0.05, 0) is 53.1 Å². The highest BCUT2D eigenvalue weighted by Gasteiger charge is 2.30. The SMILES string of the molecule is CC(C)c1nnnn1-c1cccc(N2Cc3ccc(-n4cnc(C5CC5)c4)cc3C2=O)n1. The van der Waals surface area contributed by atoms with Gasteiger partial charge in [-0.2, -0.15) is 4.68 Å². The largest absolute Gasteiger partial charge is 0.306 e. The molecule has 0 spiro atoms. The fourth-order valence-electron chi connectivity index (χ4n) is 4.10. The molecule has 160 valence electrons. The highest BCUT2D eigenvalue weighted by Crippen LogP contribution is 2.39. The zero-order valence-electron chi connectivity index (χ0n) is 17.9. The molecule has 2 aliphatic rings. The van der Waals surface area contributed by atoms with Crippen molar-refractivity contribution in [2.24, 2.45) is 0 Å².